The van der Waals surface area contributed by atoms with Crippen molar-refractivity contribution in [3.8, 4) is 6.07 Å². The number of amides is 2. The second-order valence-electron chi connectivity index (χ2n) is 5.91. The summed E-state index contributed by atoms with van der Waals surface area (Å²) in [6, 6.07) is 18.9. The van der Waals surface area contributed by atoms with Crippen LogP contribution in [0.2, 0.25) is 0 Å². The molecule has 0 aromatic heterocycles. The summed E-state index contributed by atoms with van der Waals surface area (Å²) in [6.45, 7) is 0. The van der Waals surface area contributed by atoms with Crippen molar-refractivity contribution in [1.29, 1.82) is 5.26 Å². The van der Waals surface area contributed by atoms with Crippen LogP contribution in [0.5, 0.6) is 0 Å². The van der Waals surface area contributed by atoms with Crippen molar-refractivity contribution < 1.29 is 9.59 Å². The minimum Gasteiger partial charge on any atom is -0.325 e. The number of allylic oxidation sites excluding steroid dienone is 1. The lowest BCUT2D eigenvalue weighted by molar-refractivity contribution is -0.121. The summed E-state index contributed by atoms with van der Waals surface area (Å²) < 4.78 is 0.932. The van der Waals surface area contributed by atoms with Crippen LogP contribution in [0.3, 0.4) is 0 Å². The molecule has 1 heterocycles. The largest absolute Gasteiger partial charge is 0.325 e. The smallest absolute Gasteiger partial charge is 0.234 e. The second-order valence-corrected chi connectivity index (χ2v) is 7.82. The van der Waals surface area contributed by atoms with Gasteiger partial charge in [-0.05, 0) is 29.8 Å². The molecule has 1 atom stereocenters. The van der Waals surface area contributed by atoms with Crippen molar-refractivity contribution in [3.63, 3.8) is 0 Å². The second kappa shape index (κ2) is 8.89. The van der Waals surface area contributed by atoms with Gasteiger partial charge in [0.2, 0.25) is 11.8 Å². The van der Waals surface area contributed by atoms with Gasteiger partial charge in [-0.25, -0.2) is 0 Å². The highest BCUT2D eigenvalue weighted by atomic mass is 79.9. The predicted molar refractivity (Wildman–Crippen MR) is 110 cm³/mol. The SMILES string of the molecule is N#CC1=C(SCC(=O)Nc2ccccc2)NC(=O)CC1c1ccc(Br)cc1. The lowest BCUT2D eigenvalue weighted by Gasteiger charge is -2.25. The summed E-state index contributed by atoms with van der Waals surface area (Å²) in [4.78, 5) is 24.3. The summed E-state index contributed by atoms with van der Waals surface area (Å²) in [5.41, 5.74) is 2.09. The van der Waals surface area contributed by atoms with Crippen LogP contribution < -0.4 is 10.6 Å². The fourth-order valence-electron chi connectivity index (χ4n) is 2.77. The van der Waals surface area contributed by atoms with Gasteiger partial charge in [0.05, 0.1) is 22.4 Å². The number of thioether (sulfide) groups is 1. The summed E-state index contributed by atoms with van der Waals surface area (Å²) in [5, 5.41) is 15.6. The number of nitrogens with zero attached hydrogens (tertiary/aromatic N) is 1. The number of nitrogens with one attached hydrogen (secondary N) is 2. The van der Waals surface area contributed by atoms with Gasteiger partial charge in [0, 0.05) is 22.5 Å². The van der Waals surface area contributed by atoms with E-state index in [0.29, 0.717) is 16.3 Å². The van der Waals surface area contributed by atoms with E-state index >= 15 is 0 Å². The first kappa shape index (κ1) is 19.2. The molecule has 0 saturated carbocycles. The number of benzene rings is 2. The highest BCUT2D eigenvalue weighted by Crippen LogP contribution is 2.36. The average molecular weight is 442 g/mol. The molecule has 7 heteroatoms. The van der Waals surface area contributed by atoms with Gasteiger partial charge in [0.25, 0.3) is 0 Å². The molecular weight excluding hydrogens is 426 g/mol. The molecule has 2 amide bonds. The van der Waals surface area contributed by atoms with Crippen LogP contribution in [0.4, 0.5) is 5.69 Å². The van der Waals surface area contributed by atoms with Crippen molar-refractivity contribution in [1.82, 2.24) is 5.32 Å². The third kappa shape index (κ3) is 5.00. The number of anilines is 1. The Balaban J connectivity index is 1.75. The molecule has 1 unspecified atom stereocenters. The highest BCUT2D eigenvalue weighted by Gasteiger charge is 2.29. The fourth-order valence-corrected chi connectivity index (χ4v) is 3.91. The number of rotatable bonds is 5. The number of para-hydroxylation sites is 1. The molecule has 0 radical (unpaired) electrons. The zero-order chi connectivity index (χ0) is 19.2. The Morgan fingerprint density at radius 3 is 2.59 bits per heavy atom. The van der Waals surface area contributed by atoms with E-state index in [2.05, 4.69) is 32.6 Å². The standard InChI is InChI=1S/C20H16BrN3O2S/c21-14-8-6-13(7-9-14)16-10-18(25)24-20(17(16)11-22)27-12-19(26)23-15-4-2-1-3-5-15/h1-9,16H,10,12H2,(H,23,26)(H,24,25). The molecule has 0 spiro atoms. The maximum Gasteiger partial charge on any atom is 0.234 e. The van der Waals surface area contributed by atoms with Crippen molar-refractivity contribution >= 4 is 45.2 Å². The predicted octanol–water partition coefficient (Wildman–Crippen LogP) is 4.16. The minimum absolute atomic E-state index is 0.0999. The van der Waals surface area contributed by atoms with Crippen molar-refractivity contribution in [3.05, 3.63) is 75.2 Å². The Kier molecular flexibility index (Phi) is 6.32. The third-order valence-corrected chi connectivity index (χ3v) is 5.58. The van der Waals surface area contributed by atoms with Crippen LogP contribution in [0.15, 0.2) is 69.7 Å². The maximum atomic E-state index is 12.2. The summed E-state index contributed by atoms with van der Waals surface area (Å²) in [5.74, 6) is -0.566. The van der Waals surface area contributed by atoms with Gasteiger partial charge < -0.3 is 10.6 Å². The van der Waals surface area contributed by atoms with Crippen LogP contribution in [0, 0.1) is 11.3 Å². The molecule has 2 aromatic carbocycles. The highest BCUT2D eigenvalue weighted by molar-refractivity contribution is 9.10. The number of halogens is 1. The Morgan fingerprint density at radius 2 is 1.93 bits per heavy atom. The molecule has 27 heavy (non-hydrogen) atoms. The summed E-state index contributed by atoms with van der Waals surface area (Å²) in [7, 11) is 0. The average Bonchev–Trinajstić information content (AvgIpc) is 2.67. The van der Waals surface area contributed by atoms with Gasteiger partial charge in [-0.1, -0.05) is 58.0 Å². The van der Waals surface area contributed by atoms with E-state index in [0.717, 1.165) is 10.0 Å². The zero-order valence-corrected chi connectivity index (χ0v) is 16.6. The summed E-state index contributed by atoms with van der Waals surface area (Å²) in [6.07, 6.45) is 0.213. The lowest BCUT2D eigenvalue weighted by Crippen LogP contribution is -2.31. The van der Waals surface area contributed by atoms with Crippen LogP contribution in [-0.2, 0) is 9.59 Å². The van der Waals surface area contributed by atoms with Crippen LogP contribution in [0.1, 0.15) is 17.9 Å². The first-order valence-corrected chi connectivity index (χ1v) is 10.0. The Morgan fingerprint density at radius 1 is 1.22 bits per heavy atom. The number of hydrogen-bond acceptors (Lipinski definition) is 4. The lowest BCUT2D eigenvalue weighted by atomic mass is 9.87. The van der Waals surface area contributed by atoms with Gasteiger partial charge in [0.15, 0.2) is 0 Å². The van der Waals surface area contributed by atoms with Gasteiger partial charge in [-0.2, -0.15) is 5.26 Å². The number of carbonyl (C=O) groups is 2. The van der Waals surface area contributed by atoms with E-state index in [1.54, 1.807) is 12.1 Å². The van der Waals surface area contributed by atoms with Crippen molar-refractivity contribution in [2.75, 3.05) is 11.1 Å². The Labute approximate surface area is 170 Å². The van der Waals surface area contributed by atoms with Gasteiger partial charge in [-0.15, -0.1) is 0 Å². The van der Waals surface area contributed by atoms with Gasteiger partial charge in [-0.3, -0.25) is 9.59 Å². The normalized spacial score (nSPS) is 16.4. The molecule has 0 saturated heterocycles. The first-order chi connectivity index (χ1) is 13.1. The molecule has 136 valence electrons. The topological polar surface area (TPSA) is 82.0 Å². The zero-order valence-electron chi connectivity index (χ0n) is 14.2. The molecule has 2 N–H and O–H groups in total. The van der Waals surface area contributed by atoms with E-state index in [4.69, 9.17) is 0 Å². The molecule has 3 rings (SSSR count). The van der Waals surface area contributed by atoms with Crippen molar-refractivity contribution in [2.24, 2.45) is 0 Å². The van der Waals surface area contributed by atoms with E-state index in [-0.39, 0.29) is 29.9 Å². The Bertz CT molecular complexity index is 920. The summed E-state index contributed by atoms with van der Waals surface area (Å²) >= 11 is 4.56. The maximum absolute atomic E-state index is 12.2. The van der Waals surface area contributed by atoms with E-state index in [1.165, 1.54) is 11.8 Å². The van der Waals surface area contributed by atoms with Gasteiger partial charge >= 0.3 is 0 Å². The minimum atomic E-state index is -0.309. The molecule has 0 bridgehead atoms. The van der Waals surface area contributed by atoms with E-state index < -0.39 is 0 Å². The molecule has 5 nitrogen and oxygen atoms in total. The van der Waals surface area contributed by atoms with E-state index in [9.17, 15) is 14.9 Å². The monoisotopic (exact) mass is 441 g/mol. The molecule has 2 aromatic rings. The van der Waals surface area contributed by atoms with Crippen molar-refractivity contribution in [2.45, 2.75) is 12.3 Å². The van der Waals surface area contributed by atoms with Gasteiger partial charge in [0.1, 0.15) is 0 Å². The molecule has 1 aliphatic rings. The number of carbonyl (C=O) groups excluding carboxylic acids is 2. The third-order valence-electron chi connectivity index (χ3n) is 4.03. The molecule has 1 aliphatic heterocycles. The van der Waals surface area contributed by atoms with Crippen LogP contribution in [-0.4, -0.2) is 17.6 Å². The fraction of sp³-hybridized carbons (Fsp3) is 0.150. The number of hydrogen-bond donors (Lipinski definition) is 2. The molecular formula is C20H16BrN3O2S. The molecule has 0 aliphatic carbocycles. The quantitative estimate of drug-likeness (QED) is 0.729. The molecule has 0 fully saturated rings. The van der Waals surface area contributed by atoms with E-state index in [1.807, 2.05) is 42.5 Å². The van der Waals surface area contributed by atoms with Crippen LogP contribution in [0.25, 0.3) is 0 Å². The Hall–Kier alpha value is -2.56. The first-order valence-electron chi connectivity index (χ1n) is 8.24. The number of nitriles is 1. The van der Waals surface area contributed by atoms with Crippen LogP contribution >= 0.6 is 27.7 Å².